The normalized spacial score (nSPS) is 9.86. The van der Waals surface area contributed by atoms with E-state index in [0.717, 1.165) is 0 Å². The van der Waals surface area contributed by atoms with Gasteiger partial charge in [0.05, 0.1) is 6.54 Å². The van der Waals surface area contributed by atoms with Crippen LogP contribution in [0.25, 0.3) is 0 Å². The minimum atomic E-state index is -0.156. The summed E-state index contributed by atoms with van der Waals surface area (Å²) >= 11 is 0. The van der Waals surface area contributed by atoms with Crippen molar-refractivity contribution < 1.29 is 4.79 Å². The molecule has 0 saturated heterocycles. The lowest BCUT2D eigenvalue weighted by Gasteiger charge is -2.05. The Balaban J connectivity index is 2.98. The Hall–Kier alpha value is -1.58. The number of rotatable bonds is 4. The highest BCUT2D eigenvalue weighted by molar-refractivity contribution is 5.77. The molecule has 1 aromatic heterocycles. The van der Waals surface area contributed by atoms with Crippen molar-refractivity contribution in [1.29, 1.82) is 0 Å². The molecule has 1 N–H and O–H groups in total. The maximum absolute atomic E-state index is 11.6. The molecule has 0 radical (unpaired) electrons. The predicted octanol–water partition coefficient (Wildman–Crippen LogP) is 0.869. The van der Waals surface area contributed by atoms with Crippen molar-refractivity contribution in [2.45, 2.75) is 19.9 Å². The van der Waals surface area contributed by atoms with Crippen LogP contribution < -0.4 is 10.9 Å². The average molecular weight is 194 g/mol. The van der Waals surface area contributed by atoms with Crippen LogP contribution in [0.2, 0.25) is 0 Å². The van der Waals surface area contributed by atoms with E-state index in [-0.39, 0.29) is 17.9 Å². The molecule has 1 aromatic rings. The summed E-state index contributed by atoms with van der Waals surface area (Å²) in [4.78, 5) is 22.8. The van der Waals surface area contributed by atoms with Crippen molar-refractivity contribution in [3.63, 3.8) is 0 Å². The number of hydrogen-bond acceptors (Lipinski definition) is 3. The maximum Gasteiger partial charge on any atom is 0.274 e. The van der Waals surface area contributed by atoms with E-state index in [1.165, 1.54) is 4.57 Å². The quantitative estimate of drug-likeness (QED) is 0.773. The number of ketones is 1. The van der Waals surface area contributed by atoms with E-state index in [4.69, 9.17) is 0 Å². The Morgan fingerprint density at radius 3 is 2.86 bits per heavy atom. The molecule has 0 aliphatic carbocycles. The van der Waals surface area contributed by atoms with Crippen molar-refractivity contribution in [1.82, 2.24) is 4.57 Å². The number of nitrogens with zero attached hydrogens (tertiary/aromatic N) is 1. The summed E-state index contributed by atoms with van der Waals surface area (Å²) < 4.78 is 1.41. The van der Waals surface area contributed by atoms with Crippen LogP contribution >= 0.6 is 0 Å². The molecule has 0 bridgehead atoms. The summed E-state index contributed by atoms with van der Waals surface area (Å²) in [6, 6.07) is 3.44. The molecule has 0 aromatic carbocycles. The van der Waals surface area contributed by atoms with Gasteiger partial charge in [0.15, 0.2) is 5.78 Å². The first kappa shape index (κ1) is 10.5. The molecule has 0 unspecified atom stereocenters. The number of pyridine rings is 1. The van der Waals surface area contributed by atoms with Crippen LogP contribution in [0.15, 0.2) is 23.1 Å². The van der Waals surface area contributed by atoms with Gasteiger partial charge in [0.1, 0.15) is 5.69 Å². The fourth-order valence-electron chi connectivity index (χ4n) is 1.15. The van der Waals surface area contributed by atoms with Gasteiger partial charge in [-0.1, -0.05) is 6.92 Å². The van der Waals surface area contributed by atoms with Crippen molar-refractivity contribution in [2.24, 2.45) is 0 Å². The van der Waals surface area contributed by atoms with E-state index < -0.39 is 0 Å². The largest absolute Gasteiger partial charge is 0.384 e. The van der Waals surface area contributed by atoms with Gasteiger partial charge in [0.2, 0.25) is 0 Å². The topological polar surface area (TPSA) is 51.1 Å². The number of anilines is 1. The van der Waals surface area contributed by atoms with Gasteiger partial charge in [-0.3, -0.25) is 9.59 Å². The number of Topliss-reactive ketones (excluding diaryl/α,β-unsaturated/α-hetero) is 1. The summed E-state index contributed by atoms with van der Waals surface area (Å²) in [6.45, 7) is 1.94. The SMILES string of the molecule is CCC(=O)Cn1cccc(NC)c1=O. The molecular formula is C10H14N2O2. The molecule has 4 heteroatoms. The standard InChI is InChI=1S/C10H14N2O2/c1-3-8(13)7-12-6-4-5-9(11-2)10(12)14/h4-6,11H,3,7H2,1-2H3. The van der Waals surface area contributed by atoms with Crippen LogP contribution in [-0.4, -0.2) is 17.4 Å². The fraction of sp³-hybridized carbons (Fsp3) is 0.400. The third-order valence-corrected chi connectivity index (χ3v) is 2.03. The molecule has 4 nitrogen and oxygen atoms in total. The van der Waals surface area contributed by atoms with Gasteiger partial charge in [-0.2, -0.15) is 0 Å². The zero-order valence-corrected chi connectivity index (χ0v) is 8.41. The van der Waals surface area contributed by atoms with Gasteiger partial charge >= 0.3 is 0 Å². The lowest BCUT2D eigenvalue weighted by molar-refractivity contribution is -0.119. The van der Waals surface area contributed by atoms with Crippen molar-refractivity contribution >= 4 is 11.5 Å². The van der Waals surface area contributed by atoms with Crippen LogP contribution in [0.1, 0.15) is 13.3 Å². The zero-order valence-electron chi connectivity index (χ0n) is 8.41. The van der Waals surface area contributed by atoms with E-state index >= 15 is 0 Å². The van der Waals surface area contributed by atoms with Gasteiger partial charge in [-0.05, 0) is 12.1 Å². The van der Waals surface area contributed by atoms with Crippen LogP contribution in [0, 0.1) is 0 Å². The van der Waals surface area contributed by atoms with Crippen molar-refractivity contribution in [3.05, 3.63) is 28.7 Å². The molecule has 0 amide bonds. The second-order valence-electron chi connectivity index (χ2n) is 3.00. The van der Waals surface area contributed by atoms with Gasteiger partial charge < -0.3 is 9.88 Å². The van der Waals surface area contributed by atoms with Gasteiger partial charge in [0.25, 0.3) is 5.56 Å². The highest BCUT2D eigenvalue weighted by Crippen LogP contribution is 1.97. The Morgan fingerprint density at radius 1 is 1.57 bits per heavy atom. The number of nitrogens with one attached hydrogen (secondary N) is 1. The monoisotopic (exact) mass is 194 g/mol. The third kappa shape index (κ3) is 2.22. The first-order chi connectivity index (χ1) is 6.69. The number of carbonyl (C=O) groups is 1. The smallest absolute Gasteiger partial charge is 0.274 e. The molecule has 14 heavy (non-hydrogen) atoms. The second-order valence-corrected chi connectivity index (χ2v) is 3.00. The van der Waals surface area contributed by atoms with Crippen LogP contribution in [0.3, 0.4) is 0 Å². The Bertz CT molecular complexity index is 382. The van der Waals surface area contributed by atoms with Crippen molar-refractivity contribution in [3.8, 4) is 0 Å². The lowest BCUT2D eigenvalue weighted by Crippen LogP contribution is -2.25. The molecule has 0 atom stereocenters. The van der Waals surface area contributed by atoms with E-state index in [1.54, 1.807) is 32.3 Å². The molecule has 1 rings (SSSR count). The Labute approximate surface area is 82.6 Å². The summed E-state index contributed by atoms with van der Waals surface area (Å²) in [6.07, 6.45) is 2.08. The molecule has 0 aliphatic heterocycles. The van der Waals surface area contributed by atoms with E-state index in [0.29, 0.717) is 12.1 Å². The summed E-state index contributed by atoms with van der Waals surface area (Å²) in [5.41, 5.74) is 0.355. The van der Waals surface area contributed by atoms with Gasteiger partial charge in [-0.25, -0.2) is 0 Å². The lowest BCUT2D eigenvalue weighted by atomic mass is 10.3. The summed E-state index contributed by atoms with van der Waals surface area (Å²) in [5.74, 6) is 0.0559. The molecule has 0 fully saturated rings. The minimum Gasteiger partial charge on any atom is -0.384 e. The molecule has 76 valence electrons. The van der Waals surface area contributed by atoms with E-state index in [9.17, 15) is 9.59 Å². The predicted molar refractivity (Wildman–Crippen MR) is 55.5 cm³/mol. The van der Waals surface area contributed by atoms with E-state index in [1.807, 2.05) is 0 Å². The van der Waals surface area contributed by atoms with Gasteiger partial charge in [-0.15, -0.1) is 0 Å². The first-order valence-electron chi connectivity index (χ1n) is 4.58. The highest BCUT2D eigenvalue weighted by atomic mass is 16.1. The summed E-state index contributed by atoms with van der Waals surface area (Å²) in [7, 11) is 1.68. The van der Waals surface area contributed by atoms with Crippen LogP contribution in [0.5, 0.6) is 0 Å². The van der Waals surface area contributed by atoms with Crippen molar-refractivity contribution in [2.75, 3.05) is 12.4 Å². The molecule has 0 saturated carbocycles. The molecular weight excluding hydrogens is 180 g/mol. The number of hydrogen-bond donors (Lipinski definition) is 1. The maximum atomic E-state index is 11.6. The average Bonchev–Trinajstić information content (AvgIpc) is 2.21. The zero-order chi connectivity index (χ0) is 10.6. The number of carbonyl (C=O) groups excluding carboxylic acids is 1. The third-order valence-electron chi connectivity index (χ3n) is 2.03. The molecule has 0 spiro atoms. The number of aromatic nitrogens is 1. The minimum absolute atomic E-state index is 0.0559. The van der Waals surface area contributed by atoms with Gasteiger partial charge in [0, 0.05) is 19.7 Å². The second kappa shape index (κ2) is 4.60. The van der Waals surface area contributed by atoms with E-state index in [2.05, 4.69) is 5.32 Å². The van der Waals surface area contributed by atoms with Crippen LogP contribution in [0.4, 0.5) is 5.69 Å². The Morgan fingerprint density at radius 2 is 2.29 bits per heavy atom. The molecule has 0 aliphatic rings. The van der Waals surface area contributed by atoms with Crippen LogP contribution in [-0.2, 0) is 11.3 Å². The molecule has 1 heterocycles. The Kier molecular flexibility index (Phi) is 3.45. The fourth-order valence-corrected chi connectivity index (χ4v) is 1.15. The summed E-state index contributed by atoms with van der Waals surface area (Å²) in [5, 5.41) is 2.78. The first-order valence-corrected chi connectivity index (χ1v) is 4.58. The highest BCUT2D eigenvalue weighted by Gasteiger charge is 2.04.